The minimum Gasteiger partial charge on any atom is -0.446 e. The first-order valence-corrected chi connectivity index (χ1v) is 7.24. The number of ether oxygens (including phenoxy) is 1. The zero-order valence-electron chi connectivity index (χ0n) is 12.4. The molecule has 8 nitrogen and oxygen atoms in total. The van der Waals surface area contributed by atoms with E-state index >= 15 is 0 Å². The maximum atomic E-state index is 11.9. The van der Waals surface area contributed by atoms with Crippen molar-refractivity contribution in [3.8, 4) is 0 Å². The Morgan fingerprint density at radius 3 is 2.83 bits per heavy atom. The molecule has 1 aliphatic rings. The Bertz CT molecular complexity index is 841. The summed E-state index contributed by atoms with van der Waals surface area (Å²) in [4.78, 5) is 26.3. The first-order chi connectivity index (χ1) is 11.5. The number of amides is 1. The number of hydrogen-bond acceptors (Lipinski definition) is 6. The highest BCUT2D eigenvalue weighted by atomic mass is 35.5. The predicted molar refractivity (Wildman–Crippen MR) is 85.2 cm³/mol. The molecule has 3 rings (SSSR count). The van der Waals surface area contributed by atoms with Crippen LogP contribution in [0.5, 0.6) is 0 Å². The van der Waals surface area contributed by atoms with E-state index in [1.54, 1.807) is 18.3 Å². The second kappa shape index (κ2) is 6.25. The molecule has 1 aromatic heterocycles. The highest BCUT2D eigenvalue weighted by Gasteiger charge is 2.35. The Kier molecular flexibility index (Phi) is 4.13. The molecule has 24 heavy (non-hydrogen) atoms. The van der Waals surface area contributed by atoms with Crippen LogP contribution < -0.4 is 0 Å². The molecule has 9 heteroatoms. The van der Waals surface area contributed by atoms with Gasteiger partial charge in [-0.05, 0) is 18.2 Å². The maximum Gasteiger partial charge on any atom is 0.270 e. The average molecular weight is 347 g/mol. The number of aromatic nitrogens is 1. The lowest BCUT2D eigenvalue weighted by molar-refractivity contribution is -0.385. The van der Waals surface area contributed by atoms with Crippen molar-refractivity contribution < 1.29 is 14.5 Å². The second-order valence-electron chi connectivity index (χ2n) is 4.94. The molecule has 2 aromatic rings. The third-order valence-corrected chi connectivity index (χ3v) is 3.68. The van der Waals surface area contributed by atoms with Crippen molar-refractivity contribution in [3.05, 3.63) is 69.0 Å². The highest BCUT2D eigenvalue weighted by molar-refractivity contribution is 6.31. The zero-order chi connectivity index (χ0) is 17.3. The molecule has 1 aromatic carbocycles. The Balaban J connectivity index is 2.01. The molecule has 0 spiro atoms. The Hall–Kier alpha value is -3.00. The topological polar surface area (TPSA) is 97.9 Å². The van der Waals surface area contributed by atoms with Crippen LogP contribution >= 0.6 is 11.6 Å². The summed E-state index contributed by atoms with van der Waals surface area (Å²) < 4.78 is 5.73. The molecule has 0 fully saturated rings. The van der Waals surface area contributed by atoms with E-state index in [1.165, 1.54) is 31.3 Å². The van der Waals surface area contributed by atoms with Gasteiger partial charge in [0, 0.05) is 42.0 Å². The van der Waals surface area contributed by atoms with Gasteiger partial charge in [0.25, 0.3) is 5.69 Å². The van der Waals surface area contributed by atoms with Crippen molar-refractivity contribution in [2.75, 3.05) is 0 Å². The summed E-state index contributed by atoms with van der Waals surface area (Å²) in [5.74, 6) is -0.202. The average Bonchev–Trinajstić information content (AvgIpc) is 3.01. The number of carbonyl (C=O) groups excluding carboxylic acids is 1. The number of rotatable bonds is 3. The number of carbonyl (C=O) groups is 1. The molecule has 2 heterocycles. The van der Waals surface area contributed by atoms with E-state index in [1.807, 2.05) is 0 Å². The van der Waals surface area contributed by atoms with Crippen LogP contribution in [0.1, 0.15) is 24.3 Å². The van der Waals surface area contributed by atoms with Gasteiger partial charge >= 0.3 is 0 Å². The van der Waals surface area contributed by atoms with Gasteiger partial charge in [-0.25, -0.2) is 0 Å². The Labute approximate surface area is 141 Å². The smallest absolute Gasteiger partial charge is 0.270 e. The molecular weight excluding hydrogens is 336 g/mol. The van der Waals surface area contributed by atoms with Gasteiger partial charge in [-0.15, -0.1) is 5.10 Å². The quantitative estimate of drug-likeness (QED) is 0.628. The number of benzene rings is 1. The van der Waals surface area contributed by atoms with Crippen molar-refractivity contribution in [1.29, 1.82) is 0 Å². The van der Waals surface area contributed by atoms with Gasteiger partial charge in [-0.1, -0.05) is 11.6 Å². The lowest BCUT2D eigenvalue weighted by atomic mass is 10.1. The van der Waals surface area contributed by atoms with Crippen molar-refractivity contribution in [2.24, 2.45) is 5.10 Å². The number of nitro benzene ring substituents is 1. The molecule has 1 amide bonds. The van der Waals surface area contributed by atoms with Crippen LogP contribution in [0.3, 0.4) is 0 Å². The number of nitrogens with zero attached hydrogens (tertiary/aromatic N) is 4. The van der Waals surface area contributed by atoms with Crippen LogP contribution in [0.4, 0.5) is 5.69 Å². The fourth-order valence-electron chi connectivity index (χ4n) is 2.21. The largest absolute Gasteiger partial charge is 0.446 e. The summed E-state index contributed by atoms with van der Waals surface area (Å²) in [5.41, 5.74) is 0.702. The Morgan fingerprint density at radius 1 is 1.42 bits per heavy atom. The molecule has 1 aliphatic heterocycles. The lowest BCUT2D eigenvalue weighted by Crippen LogP contribution is -2.25. The minimum atomic E-state index is -0.981. The van der Waals surface area contributed by atoms with Gasteiger partial charge in [-0.2, -0.15) is 5.01 Å². The number of pyridine rings is 1. The van der Waals surface area contributed by atoms with E-state index in [2.05, 4.69) is 10.1 Å². The van der Waals surface area contributed by atoms with E-state index in [-0.39, 0.29) is 28.1 Å². The van der Waals surface area contributed by atoms with Crippen molar-refractivity contribution in [2.45, 2.75) is 13.2 Å². The minimum absolute atomic E-state index is 0.156. The van der Waals surface area contributed by atoms with Gasteiger partial charge in [0.15, 0.2) is 0 Å². The van der Waals surface area contributed by atoms with Crippen LogP contribution in [0, 0.1) is 10.1 Å². The first kappa shape index (κ1) is 15.9. The van der Waals surface area contributed by atoms with E-state index < -0.39 is 11.2 Å². The van der Waals surface area contributed by atoms with Crippen LogP contribution in [-0.4, -0.2) is 26.7 Å². The number of non-ortho nitro benzene ring substituents is 1. The normalized spacial score (nSPS) is 16.5. The van der Waals surface area contributed by atoms with Crippen LogP contribution in [0.2, 0.25) is 5.02 Å². The number of nitro groups is 1. The van der Waals surface area contributed by atoms with Crippen LogP contribution in [-0.2, 0) is 9.53 Å². The van der Waals surface area contributed by atoms with Crippen LogP contribution in [0.25, 0.3) is 0 Å². The van der Waals surface area contributed by atoms with E-state index in [0.29, 0.717) is 5.56 Å². The molecule has 0 unspecified atom stereocenters. The van der Waals surface area contributed by atoms with E-state index in [4.69, 9.17) is 16.3 Å². The standard InChI is InChI=1S/C15H11ClN4O4/c1-9(21)19-15(12-7-11(20(22)23)4-5-13(12)16)24-14(18-19)10-3-2-6-17-8-10/h2-8,15H,1H3/t15-/m0/s1. The summed E-state index contributed by atoms with van der Waals surface area (Å²) >= 11 is 6.14. The SMILES string of the molecule is CC(=O)N1N=C(c2cccnc2)O[C@H]1c1cc([N+](=O)[O-])ccc1Cl. The van der Waals surface area contributed by atoms with Crippen molar-refractivity contribution in [1.82, 2.24) is 9.99 Å². The summed E-state index contributed by atoms with van der Waals surface area (Å²) in [6, 6.07) is 7.36. The number of hydrogen-bond donors (Lipinski definition) is 0. The predicted octanol–water partition coefficient (Wildman–Crippen LogP) is 2.88. The Morgan fingerprint density at radius 2 is 2.21 bits per heavy atom. The summed E-state index contributed by atoms with van der Waals surface area (Å²) in [5, 5.41) is 16.5. The molecule has 122 valence electrons. The van der Waals surface area contributed by atoms with Gasteiger partial charge in [0.2, 0.25) is 18.0 Å². The third kappa shape index (κ3) is 2.91. The molecule has 0 aliphatic carbocycles. The monoisotopic (exact) mass is 346 g/mol. The molecule has 0 N–H and O–H groups in total. The number of hydrazone groups is 1. The second-order valence-corrected chi connectivity index (χ2v) is 5.35. The summed E-state index contributed by atoms with van der Waals surface area (Å²) in [6.07, 6.45) is 2.15. The summed E-state index contributed by atoms with van der Waals surface area (Å²) in [7, 11) is 0. The van der Waals surface area contributed by atoms with E-state index in [0.717, 1.165) is 5.01 Å². The van der Waals surface area contributed by atoms with Gasteiger partial charge in [-0.3, -0.25) is 19.9 Å². The van der Waals surface area contributed by atoms with Gasteiger partial charge in [0.05, 0.1) is 10.5 Å². The first-order valence-electron chi connectivity index (χ1n) is 6.86. The fraction of sp³-hybridized carbons (Fsp3) is 0.133. The summed E-state index contributed by atoms with van der Waals surface area (Å²) in [6.45, 7) is 1.32. The number of halogens is 1. The van der Waals surface area contributed by atoms with Gasteiger partial charge in [0.1, 0.15) is 0 Å². The molecule has 0 radical (unpaired) electrons. The van der Waals surface area contributed by atoms with Crippen molar-refractivity contribution >= 4 is 29.1 Å². The molecular formula is C15H11ClN4O4. The molecule has 0 saturated heterocycles. The zero-order valence-corrected chi connectivity index (χ0v) is 13.2. The molecule has 0 bridgehead atoms. The van der Waals surface area contributed by atoms with E-state index in [9.17, 15) is 14.9 Å². The van der Waals surface area contributed by atoms with Crippen molar-refractivity contribution in [3.63, 3.8) is 0 Å². The third-order valence-electron chi connectivity index (χ3n) is 3.33. The van der Waals surface area contributed by atoms with Crippen LogP contribution in [0.15, 0.2) is 47.8 Å². The van der Waals surface area contributed by atoms with Gasteiger partial charge < -0.3 is 4.74 Å². The highest BCUT2D eigenvalue weighted by Crippen LogP contribution is 2.36. The molecule has 1 atom stereocenters. The lowest BCUT2D eigenvalue weighted by Gasteiger charge is -2.20. The molecule has 0 saturated carbocycles. The fourth-order valence-corrected chi connectivity index (χ4v) is 2.42. The maximum absolute atomic E-state index is 11.9.